The van der Waals surface area contributed by atoms with Crippen molar-refractivity contribution in [1.82, 2.24) is 4.72 Å². The smallest absolute Gasteiger partial charge is 0.250 e. The van der Waals surface area contributed by atoms with E-state index < -0.39 is 10.0 Å². The van der Waals surface area contributed by atoms with Gasteiger partial charge in [0.2, 0.25) is 10.0 Å². The summed E-state index contributed by atoms with van der Waals surface area (Å²) in [4.78, 5) is 0.668. The third kappa shape index (κ3) is 2.88. The number of sulfonamides is 1. The van der Waals surface area contributed by atoms with Crippen LogP contribution >= 0.6 is 11.3 Å². The van der Waals surface area contributed by atoms with Crippen LogP contribution in [-0.2, 0) is 16.6 Å². The van der Waals surface area contributed by atoms with E-state index in [1.807, 2.05) is 6.92 Å². The molecule has 1 saturated carbocycles. The molecule has 6 heteroatoms. The van der Waals surface area contributed by atoms with Crippen molar-refractivity contribution in [2.75, 3.05) is 0 Å². The summed E-state index contributed by atoms with van der Waals surface area (Å²) in [5.41, 5.74) is 0. The predicted molar refractivity (Wildman–Crippen MR) is 67.4 cm³/mol. The molecule has 0 aromatic carbocycles. The number of aliphatic hydroxyl groups excluding tert-OH is 1. The Hall–Kier alpha value is -0.430. The highest BCUT2D eigenvalue weighted by Gasteiger charge is 2.28. The molecular formula is C11H17NO3S2. The second kappa shape index (κ2) is 5.06. The van der Waals surface area contributed by atoms with Gasteiger partial charge in [0.25, 0.3) is 0 Å². The van der Waals surface area contributed by atoms with Gasteiger partial charge in [-0.05, 0) is 37.8 Å². The predicted octanol–water partition coefficient (Wildman–Crippen LogP) is 1.71. The lowest BCUT2D eigenvalue weighted by Gasteiger charge is -2.31. The molecule has 17 heavy (non-hydrogen) atoms. The van der Waals surface area contributed by atoms with E-state index in [0.717, 1.165) is 24.2 Å². The van der Waals surface area contributed by atoms with Gasteiger partial charge in [0.15, 0.2) is 0 Å². The van der Waals surface area contributed by atoms with Gasteiger partial charge in [0, 0.05) is 10.9 Å². The second-order valence-electron chi connectivity index (χ2n) is 4.48. The van der Waals surface area contributed by atoms with Crippen molar-refractivity contribution in [3.05, 3.63) is 17.0 Å². The van der Waals surface area contributed by atoms with Crippen molar-refractivity contribution >= 4 is 21.4 Å². The Bertz CT molecular complexity index is 477. The number of nitrogens with one attached hydrogen (secondary N) is 1. The maximum Gasteiger partial charge on any atom is 0.250 e. The summed E-state index contributed by atoms with van der Waals surface area (Å²) in [6.07, 6.45) is 3.41. The van der Waals surface area contributed by atoms with Crippen molar-refractivity contribution in [3.63, 3.8) is 0 Å². The van der Waals surface area contributed by atoms with Crippen molar-refractivity contribution in [2.45, 2.75) is 43.0 Å². The molecule has 1 aromatic heterocycles. The van der Waals surface area contributed by atoms with Crippen molar-refractivity contribution in [2.24, 2.45) is 5.92 Å². The maximum atomic E-state index is 12.0. The van der Waals surface area contributed by atoms with E-state index in [0.29, 0.717) is 10.8 Å². The number of rotatable bonds is 5. The molecule has 1 aromatic rings. The van der Waals surface area contributed by atoms with Gasteiger partial charge in [-0.2, -0.15) is 0 Å². The molecule has 4 nitrogen and oxygen atoms in total. The Labute approximate surface area is 106 Å². The van der Waals surface area contributed by atoms with Crippen LogP contribution < -0.4 is 4.72 Å². The highest BCUT2D eigenvalue weighted by molar-refractivity contribution is 7.91. The van der Waals surface area contributed by atoms with Crippen LogP contribution in [0.25, 0.3) is 0 Å². The second-order valence-corrected chi connectivity index (χ2v) is 7.59. The zero-order valence-corrected chi connectivity index (χ0v) is 11.4. The van der Waals surface area contributed by atoms with Gasteiger partial charge >= 0.3 is 0 Å². The number of aliphatic hydroxyl groups is 1. The minimum Gasteiger partial charge on any atom is -0.391 e. The average Bonchev–Trinajstić information content (AvgIpc) is 2.62. The molecule has 1 fully saturated rings. The van der Waals surface area contributed by atoms with Gasteiger partial charge in [-0.25, -0.2) is 13.1 Å². The van der Waals surface area contributed by atoms with E-state index in [9.17, 15) is 8.42 Å². The van der Waals surface area contributed by atoms with Gasteiger partial charge in [-0.1, -0.05) is 6.42 Å². The molecule has 2 N–H and O–H groups in total. The van der Waals surface area contributed by atoms with E-state index in [4.69, 9.17) is 5.11 Å². The van der Waals surface area contributed by atoms with E-state index in [1.54, 1.807) is 12.1 Å². The molecular weight excluding hydrogens is 258 g/mol. The van der Waals surface area contributed by atoms with E-state index >= 15 is 0 Å². The Morgan fingerprint density at radius 2 is 2.24 bits per heavy atom. The maximum absolute atomic E-state index is 12.0. The molecule has 1 atom stereocenters. The highest BCUT2D eigenvalue weighted by Crippen LogP contribution is 2.30. The first-order valence-corrected chi connectivity index (χ1v) is 8.05. The summed E-state index contributed by atoms with van der Waals surface area (Å²) in [7, 11) is -3.41. The Kier molecular flexibility index (Phi) is 3.87. The zero-order valence-electron chi connectivity index (χ0n) is 9.72. The van der Waals surface area contributed by atoms with E-state index in [2.05, 4.69) is 4.72 Å². The first-order chi connectivity index (χ1) is 8.03. The number of hydrogen-bond donors (Lipinski definition) is 2. The minimum atomic E-state index is -3.41. The molecule has 1 aliphatic rings. The quantitative estimate of drug-likeness (QED) is 0.859. The van der Waals surface area contributed by atoms with Crippen LogP contribution in [0.15, 0.2) is 16.3 Å². The monoisotopic (exact) mass is 275 g/mol. The molecule has 0 saturated heterocycles. The van der Waals surface area contributed by atoms with Gasteiger partial charge in [-0.3, -0.25) is 0 Å². The van der Waals surface area contributed by atoms with Crippen LogP contribution in [0.1, 0.15) is 31.1 Å². The molecule has 96 valence electrons. The van der Waals surface area contributed by atoms with Crippen molar-refractivity contribution < 1.29 is 13.5 Å². The molecule has 0 radical (unpaired) electrons. The number of thiophene rings is 1. The summed E-state index contributed by atoms with van der Waals surface area (Å²) in [5, 5.41) is 8.93. The normalized spacial score (nSPS) is 18.9. The van der Waals surface area contributed by atoms with Gasteiger partial charge in [0.1, 0.15) is 4.21 Å². The van der Waals surface area contributed by atoms with Crippen LogP contribution in [0.5, 0.6) is 0 Å². The minimum absolute atomic E-state index is 0.00609. The Morgan fingerprint density at radius 3 is 2.71 bits per heavy atom. The fourth-order valence-electron chi connectivity index (χ4n) is 1.93. The summed E-state index contributed by atoms with van der Waals surface area (Å²) in [6, 6.07) is 3.19. The van der Waals surface area contributed by atoms with Gasteiger partial charge in [-0.15, -0.1) is 11.3 Å². The molecule has 1 unspecified atom stereocenters. The van der Waals surface area contributed by atoms with E-state index in [-0.39, 0.29) is 16.9 Å². The Balaban J connectivity index is 2.07. The lowest BCUT2D eigenvalue weighted by atomic mass is 9.81. The molecule has 0 bridgehead atoms. The topological polar surface area (TPSA) is 66.4 Å². The van der Waals surface area contributed by atoms with Crippen LogP contribution in [0.2, 0.25) is 0 Å². The van der Waals surface area contributed by atoms with E-state index in [1.165, 1.54) is 6.42 Å². The third-order valence-electron chi connectivity index (χ3n) is 3.26. The largest absolute Gasteiger partial charge is 0.391 e. The molecule has 0 spiro atoms. The standard InChI is InChI=1S/C11H17NO3S2/c1-8(9-3-2-4-9)12-17(14,15)11-6-5-10(7-13)16-11/h5-6,8-9,12-13H,2-4,7H2,1H3. The first-order valence-electron chi connectivity index (χ1n) is 5.75. The summed E-state index contributed by atoms with van der Waals surface area (Å²) < 4.78 is 27.1. The SMILES string of the molecule is CC(NS(=O)(=O)c1ccc(CO)s1)C1CCC1. The van der Waals surface area contributed by atoms with Gasteiger partial charge < -0.3 is 5.11 Å². The lowest BCUT2D eigenvalue weighted by Crippen LogP contribution is -2.40. The number of hydrogen-bond acceptors (Lipinski definition) is 4. The fourth-order valence-corrected chi connectivity index (χ4v) is 4.47. The molecule has 2 rings (SSSR count). The van der Waals surface area contributed by atoms with Crippen molar-refractivity contribution in [1.29, 1.82) is 0 Å². The molecule has 0 aliphatic heterocycles. The molecule has 1 aliphatic carbocycles. The zero-order chi connectivity index (χ0) is 12.5. The summed E-state index contributed by atoms with van der Waals surface area (Å²) in [5.74, 6) is 0.474. The van der Waals surface area contributed by atoms with Crippen LogP contribution in [0.3, 0.4) is 0 Å². The third-order valence-corrected chi connectivity index (χ3v) is 6.38. The molecule has 1 heterocycles. The summed E-state index contributed by atoms with van der Waals surface area (Å²) >= 11 is 1.12. The fraction of sp³-hybridized carbons (Fsp3) is 0.636. The van der Waals surface area contributed by atoms with Crippen molar-refractivity contribution in [3.8, 4) is 0 Å². The van der Waals surface area contributed by atoms with Gasteiger partial charge in [0.05, 0.1) is 6.61 Å². The molecule has 0 amide bonds. The van der Waals surface area contributed by atoms with Crippen LogP contribution in [0, 0.1) is 5.92 Å². The summed E-state index contributed by atoms with van der Waals surface area (Å²) in [6.45, 7) is 1.81. The van der Waals surface area contributed by atoms with Crippen LogP contribution in [0.4, 0.5) is 0 Å². The van der Waals surface area contributed by atoms with Crippen LogP contribution in [-0.4, -0.2) is 19.6 Å². The highest BCUT2D eigenvalue weighted by atomic mass is 32.2. The first kappa shape index (κ1) is 13.0. The Morgan fingerprint density at radius 1 is 1.53 bits per heavy atom. The lowest BCUT2D eigenvalue weighted by molar-refractivity contribution is 0.260. The average molecular weight is 275 g/mol.